The molecule has 0 bridgehead atoms. The summed E-state index contributed by atoms with van der Waals surface area (Å²) in [6.45, 7) is 0. The van der Waals surface area contributed by atoms with E-state index in [0.29, 0.717) is 10.3 Å². The van der Waals surface area contributed by atoms with Crippen molar-refractivity contribution in [2.45, 2.75) is 5.33 Å². The molecule has 6 heteroatoms. The molecule has 4 nitrogen and oxygen atoms in total. The number of aromatic carboxylic acids is 1. The summed E-state index contributed by atoms with van der Waals surface area (Å²) in [5, 5.41) is 17.4. The quantitative estimate of drug-likeness (QED) is 0.626. The highest BCUT2D eigenvalue weighted by molar-refractivity contribution is 9.10. The van der Waals surface area contributed by atoms with E-state index in [0.717, 1.165) is 21.8 Å². The Kier molecular flexibility index (Phi) is 3.82. The summed E-state index contributed by atoms with van der Waals surface area (Å²) in [6.07, 6.45) is 0. The normalized spacial score (nSPS) is 11.0. The van der Waals surface area contributed by atoms with Crippen molar-refractivity contribution in [1.29, 1.82) is 0 Å². The van der Waals surface area contributed by atoms with Crippen LogP contribution in [0.25, 0.3) is 16.6 Å². The predicted molar refractivity (Wildman–Crippen MR) is 85.7 cm³/mol. The molecule has 0 aliphatic rings. The third-order valence-corrected chi connectivity index (χ3v) is 4.59. The van der Waals surface area contributed by atoms with E-state index in [4.69, 9.17) is 0 Å². The zero-order chi connectivity index (χ0) is 15.0. The van der Waals surface area contributed by atoms with Gasteiger partial charge in [0, 0.05) is 16.3 Å². The van der Waals surface area contributed by atoms with Crippen LogP contribution in [0.15, 0.2) is 47.1 Å². The van der Waals surface area contributed by atoms with Crippen molar-refractivity contribution in [1.82, 2.24) is 9.78 Å². The van der Waals surface area contributed by atoms with Crippen LogP contribution in [0, 0.1) is 0 Å². The van der Waals surface area contributed by atoms with Gasteiger partial charge in [-0.1, -0.05) is 40.2 Å². The lowest BCUT2D eigenvalue weighted by Gasteiger charge is -2.10. The second-order valence-corrected chi connectivity index (χ2v) is 5.80. The molecule has 0 aliphatic heterocycles. The van der Waals surface area contributed by atoms with Crippen LogP contribution < -0.4 is 5.11 Å². The minimum Gasteiger partial charge on any atom is -0.545 e. The lowest BCUT2D eigenvalue weighted by Crippen LogP contribution is -2.24. The van der Waals surface area contributed by atoms with Crippen molar-refractivity contribution in [3.8, 4) is 5.69 Å². The van der Waals surface area contributed by atoms with Gasteiger partial charge in [0.1, 0.15) is 4.60 Å². The van der Waals surface area contributed by atoms with Gasteiger partial charge in [-0.15, -0.1) is 0 Å². The van der Waals surface area contributed by atoms with Crippen LogP contribution in [0.5, 0.6) is 0 Å². The number of aromatic nitrogens is 2. The summed E-state index contributed by atoms with van der Waals surface area (Å²) in [6, 6.07) is 12.5. The first kappa shape index (κ1) is 14.3. The van der Waals surface area contributed by atoms with Crippen LogP contribution in [0.4, 0.5) is 0 Å². The molecule has 0 saturated heterocycles. The molecule has 0 saturated carbocycles. The molecular weight excluding hydrogens is 400 g/mol. The Morgan fingerprint density at radius 2 is 2.00 bits per heavy atom. The average Bonchev–Trinajstić information content (AvgIpc) is 2.83. The standard InChI is InChI=1S/C15H10Br2N2O2/c16-8-9-5-6-12-11(7-9)14(17)19(18-12)13-4-2-1-3-10(13)15(20)21/h1-7H,8H2,(H,20,21)/p-1. The summed E-state index contributed by atoms with van der Waals surface area (Å²) in [5.41, 5.74) is 2.49. The van der Waals surface area contributed by atoms with E-state index >= 15 is 0 Å². The summed E-state index contributed by atoms with van der Waals surface area (Å²) in [5.74, 6) is -1.22. The van der Waals surface area contributed by atoms with Crippen molar-refractivity contribution in [3.05, 3.63) is 58.2 Å². The zero-order valence-electron chi connectivity index (χ0n) is 10.7. The predicted octanol–water partition coefficient (Wildman–Crippen LogP) is 3.05. The number of hydrogen-bond acceptors (Lipinski definition) is 3. The molecule has 0 amide bonds. The zero-order valence-corrected chi connectivity index (χ0v) is 13.9. The monoisotopic (exact) mass is 407 g/mol. The third kappa shape index (κ3) is 2.49. The molecule has 0 unspecified atom stereocenters. The highest BCUT2D eigenvalue weighted by atomic mass is 79.9. The Balaban J connectivity index is 2.26. The van der Waals surface area contributed by atoms with Gasteiger partial charge in [-0.3, -0.25) is 0 Å². The Bertz CT molecular complexity index is 843. The number of carboxylic acid groups (broad SMARTS) is 1. The molecule has 0 N–H and O–H groups in total. The number of para-hydroxylation sites is 1. The van der Waals surface area contributed by atoms with Gasteiger partial charge < -0.3 is 9.90 Å². The molecule has 3 rings (SSSR count). The van der Waals surface area contributed by atoms with Gasteiger partial charge in [0.15, 0.2) is 0 Å². The van der Waals surface area contributed by atoms with E-state index in [9.17, 15) is 9.90 Å². The summed E-state index contributed by atoms with van der Waals surface area (Å²) in [7, 11) is 0. The van der Waals surface area contributed by atoms with Crippen LogP contribution in [0.2, 0.25) is 0 Å². The number of rotatable bonds is 3. The number of fused-ring (bicyclic) bond motifs is 1. The van der Waals surface area contributed by atoms with Gasteiger partial charge in [-0.05, 0) is 39.7 Å². The van der Waals surface area contributed by atoms with Crippen molar-refractivity contribution in [3.63, 3.8) is 0 Å². The SMILES string of the molecule is O=C([O-])c1ccccc1-n1nc2ccc(CBr)cc2c1Br. The van der Waals surface area contributed by atoms with Gasteiger partial charge in [-0.25, -0.2) is 4.68 Å². The second kappa shape index (κ2) is 5.61. The van der Waals surface area contributed by atoms with Crippen LogP contribution >= 0.6 is 31.9 Å². The highest BCUT2D eigenvalue weighted by Crippen LogP contribution is 2.29. The van der Waals surface area contributed by atoms with Crippen molar-refractivity contribution in [2.24, 2.45) is 0 Å². The molecule has 0 fully saturated rings. The Morgan fingerprint density at radius 1 is 1.24 bits per heavy atom. The maximum atomic E-state index is 11.2. The number of nitrogens with zero attached hydrogens (tertiary/aromatic N) is 2. The van der Waals surface area contributed by atoms with Crippen LogP contribution in [0.1, 0.15) is 15.9 Å². The van der Waals surface area contributed by atoms with Crippen molar-refractivity contribution in [2.75, 3.05) is 0 Å². The van der Waals surface area contributed by atoms with Gasteiger partial charge in [-0.2, -0.15) is 5.10 Å². The molecule has 3 aromatic rings. The maximum absolute atomic E-state index is 11.2. The van der Waals surface area contributed by atoms with Gasteiger partial charge >= 0.3 is 0 Å². The van der Waals surface area contributed by atoms with Crippen molar-refractivity contribution < 1.29 is 9.90 Å². The average molecular weight is 409 g/mol. The fraction of sp³-hybridized carbons (Fsp3) is 0.0667. The number of hydrogen-bond donors (Lipinski definition) is 0. The molecule has 0 atom stereocenters. The minimum absolute atomic E-state index is 0.103. The van der Waals surface area contributed by atoms with Crippen LogP contribution in [-0.2, 0) is 5.33 Å². The van der Waals surface area contributed by atoms with Crippen LogP contribution in [-0.4, -0.2) is 15.7 Å². The highest BCUT2D eigenvalue weighted by Gasteiger charge is 2.13. The fourth-order valence-corrected chi connectivity index (χ4v) is 3.11. The number of carbonyl (C=O) groups excluding carboxylic acids is 1. The van der Waals surface area contributed by atoms with Gasteiger partial charge in [0.25, 0.3) is 0 Å². The van der Waals surface area contributed by atoms with Gasteiger partial charge in [0.2, 0.25) is 0 Å². The summed E-state index contributed by atoms with van der Waals surface area (Å²) >= 11 is 6.93. The number of carboxylic acids is 1. The van der Waals surface area contributed by atoms with Crippen molar-refractivity contribution >= 4 is 48.7 Å². The molecule has 2 aromatic carbocycles. The van der Waals surface area contributed by atoms with E-state index in [1.807, 2.05) is 18.2 Å². The van der Waals surface area contributed by atoms with E-state index in [-0.39, 0.29) is 5.56 Å². The van der Waals surface area contributed by atoms with E-state index in [2.05, 4.69) is 37.0 Å². The number of alkyl halides is 1. The fourth-order valence-electron chi connectivity index (χ4n) is 2.18. The topological polar surface area (TPSA) is 57.9 Å². The lowest BCUT2D eigenvalue weighted by molar-refractivity contribution is -0.255. The maximum Gasteiger partial charge on any atom is 0.117 e. The largest absolute Gasteiger partial charge is 0.545 e. The molecule has 1 aromatic heterocycles. The number of benzene rings is 2. The summed E-state index contributed by atoms with van der Waals surface area (Å²) < 4.78 is 2.29. The Labute approximate surface area is 137 Å². The van der Waals surface area contributed by atoms with E-state index < -0.39 is 5.97 Å². The van der Waals surface area contributed by atoms with E-state index in [1.165, 1.54) is 6.07 Å². The first-order chi connectivity index (χ1) is 10.1. The molecule has 0 spiro atoms. The molecule has 0 aliphatic carbocycles. The second-order valence-electron chi connectivity index (χ2n) is 4.49. The Morgan fingerprint density at radius 3 is 2.71 bits per heavy atom. The number of carbonyl (C=O) groups is 1. The van der Waals surface area contributed by atoms with Gasteiger partial charge in [0.05, 0.1) is 17.2 Å². The molecule has 21 heavy (non-hydrogen) atoms. The molecular formula is C15H9Br2N2O2-. The molecule has 1 heterocycles. The first-order valence-corrected chi connectivity index (χ1v) is 8.07. The molecule has 106 valence electrons. The smallest absolute Gasteiger partial charge is 0.117 e. The summed E-state index contributed by atoms with van der Waals surface area (Å²) in [4.78, 5) is 11.2. The lowest BCUT2D eigenvalue weighted by atomic mass is 10.2. The third-order valence-electron chi connectivity index (χ3n) is 3.18. The number of halogens is 2. The van der Waals surface area contributed by atoms with E-state index in [1.54, 1.807) is 22.9 Å². The molecule has 0 radical (unpaired) electrons. The van der Waals surface area contributed by atoms with Crippen LogP contribution in [0.3, 0.4) is 0 Å². The Hall–Kier alpha value is -1.66. The first-order valence-electron chi connectivity index (χ1n) is 6.15. The minimum atomic E-state index is -1.22.